The van der Waals surface area contributed by atoms with Crippen molar-refractivity contribution in [1.29, 1.82) is 0 Å². The van der Waals surface area contributed by atoms with Gasteiger partial charge in [-0.05, 0) is 12.8 Å². The minimum absolute atomic E-state index is 0.111. The van der Waals surface area contributed by atoms with Gasteiger partial charge in [-0.2, -0.15) is 0 Å². The number of carbonyl (C=O) groups excluding carboxylic acids is 1. The van der Waals surface area contributed by atoms with Crippen molar-refractivity contribution in [1.82, 2.24) is 4.90 Å². The zero-order chi connectivity index (χ0) is 11.1. The van der Waals surface area contributed by atoms with Gasteiger partial charge in [0.1, 0.15) is 13.5 Å². The van der Waals surface area contributed by atoms with E-state index < -0.39 is 0 Å². The van der Waals surface area contributed by atoms with Gasteiger partial charge >= 0.3 is 0 Å². The molecule has 0 rings (SSSR count). The van der Waals surface area contributed by atoms with Crippen LogP contribution in [-0.2, 0) is 9.53 Å². The molecule has 0 saturated carbocycles. The first-order chi connectivity index (χ1) is 6.49. The fraction of sp³-hybridized carbons (Fsp3) is 0.700. The molecule has 0 bridgehead atoms. The van der Waals surface area contributed by atoms with E-state index in [0.29, 0.717) is 18.1 Å². The largest absolute Gasteiger partial charge is 0.376 e. The molecule has 0 saturated heterocycles. The van der Waals surface area contributed by atoms with Crippen molar-refractivity contribution in [2.75, 3.05) is 20.1 Å². The molecule has 0 aliphatic rings. The Kier molecular flexibility index (Phi) is 6.16. The van der Waals surface area contributed by atoms with Crippen LogP contribution in [0.4, 0.5) is 0 Å². The van der Waals surface area contributed by atoms with Crippen molar-refractivity contribution in [3.05, 3.63) is 12.2 Å². The second-order valence-electron chi connectivity index (χ2n) is 3.66. The molecule has 1 N–H and O–H groups in total. The monoisotopic (exact) mass is 201 g/mol. The van der Waals surface area contributed by atoms with E-state index in [1.807, 2.05) is 13.8 Å². The summed E-state index contributed by atoms with van der Waals surface area (Å²) in [6.07, 6.45) is 0. The van der Waals surface area contributed by atoms with Gasteiger partial charge in [0.25, 0.3) is 5.91 Å². The summed E-state index contributed by atoms with van der Waals surface area (Å²) in [5, 5.41) is 8.89. The van der Waals surface area contributed by atoms with E-state index in [1.54, 1.807) is 6.92 Å². The van der Waals surface area contributed by atoms with E-state index in [2.05, 4.69) is 6.58 Å². The lowest BCUT2D eigenvalue weighted by Gasteiger charge is -2.20. The number of aliphatic hydroxyl groups is 1. The van der Waals surface area contributed by atoms with Crippen molar-refractivity contribution in [3.63, 3.8) is 0 Å². The summed E-state index contributed by atoms with van der Waals surface area (Å²) in [4.78, 5) is 12.5. The van der Waals surface area contributed by atoms with Crippen molar-refractivity contribution in [3.8, 4) is 0 Å². The summed E-state index contributed by atoms with van der Waals surface area (Å²) in [7, 11) is 0. The fourth-order valence-corrected chi connectivity index (χ4v) is 0.832. The Bertz CT molecular complexity index is 202. The first kappa shape index (κ1) is 13.1. The SMILES string of the molecule is C=C(C)C(=O)N(CO)COCC(C)C. The average molecular weight is 201 g/mol. The molecule has 0 spiro atoms. The van der Waals surface area contributed by atoms with Crippen LogP contribution in [0.3, 0.4) is 0 Å². The van der Waals surface area contributed by atoms with Crippen LogP contribution in [0.1, 0.15) is 20.8 Å². The third-order valence-corrected chi connectivity index (χ3v) is 1.52. The maximum atomic E-state index is 11.3. The number of carbonyl (C=O) groups is 1. The summed E-state index contributed by atoms with van der Waals surface area (Å²) >= 11 is 0. The summed E-state index contributed by atoms with van der Waals surface area (Å²) in [6, 6.07) is 0. The Balaban J connectivity index is 3.91. The molecule has 0 aromatic rings. The molecule has 0 aliphatic carbocycles. The van der Waals surface area contributed by atoms with Crippen LogP contribution in [-0.4, -0.2) is 36.0 Å². The molecule has 0 aliphatic heterocycles. The van der Waals surface area contributed by atoms with Crippen LogP contribution in [0.5, 0.6) is 0 Å². The average Bonchev–Trinajstić information content (AvgIpc) is 2.10. The Hall–Kier alpha value is -0.870. The molecule has 0 radical (unpaired) electrons. The third kappa shape index (κ3) is 4.99. The van der Waals surface area contributed by atoms with Gasteiger partial charge in [-0.1, -0.05) is 20.4 Å². The molecule has 1 amide bonds. The molecule has 14 heavy (non-hydrogen) atoms. The van der Waals surface area contributed by atoms with E-state index in [4.69, 9.17) is 9.84 Å². The van der Waals surface area contributed by atoms with Gasteiger partial charge in [0, 0.05) is 5.57 Å². The number of ether oxygens (including phenoxy) is 1. The Morgan fingerprint density at radius 2 is 2.14 bits per heavy atom. The molecule has 0 atom stereocenters. The number of rotatable bonds is 6. The maximum absolute atomic E-state index is 11.3. The smallest absolute Gasteiger partial charge is 0.252 e. The summed E-state index contributed by atoms with van der Waals surface area (Å²) in [5.41, 5.74) is 0.396. The summed E-state index contributed by atoms with van der Waals surface area (Å²) < 4.78 is 5.22. The number of aliphatic hydroxyl groups excluding tert-OH is 1. The molecule has 4 nitrogen and oxygen atoms in total. The molecule has 82 valence electrons. The van der Waals surface area contributed by atoms with Crippen LogP contribution in [0.2, 0.25) is 0 Å². The highest BCUT2D eigenvalue weighted by Gasteiger charge is 2.12. The Labute approximate surface area is 85.2 Å². The Morgan fingerprint density at radius 3 is 2.50 bits per heavy atom. The third-order valence-electron chi connectivity index (χ3n) is 1.52. The Morgan fingerprint density at radius 1 is 1.57 bits per heavy atom. The van der Waals surface area contributed by atoms with Crippen LogP contribution in [0.15, 0.2) is 12.2 Å². The van der Waals surface area contributed by atoms with Crippen LogP contribution in [0.25, 0.3) is 0 Å². The first-order valence-corrected chi connectivity index (χ1v) is 4.62. The molecular formula is C10H19NO3. The second-order valence-corrected chi connectivity index (χ2v) is 3.66. The van der Waals surface area contributed by atoms with Crippen molar-refractivity contribution in [2.45, 2.75) is 20.8 Å². The van der Waals surface area contributed by atoms with Gasteiger partial charge in [-0.3, -0.25) is 9.69 Å². The zero-order valence-corrected chi connectivity index (χ0v) is 9.12. The molecule has 4 heteroatoms. The van der Waals surface area contributed by atoms with E-state index >= 15 is 0 Å². The van der Waals surface area contributed by atoms with E-state index in [9.17, 15) is 4.79 Å². The quantitative estimate of drug-likeness (QED) is 0.514. The van der Waals surface area contributed by atoms with Gasteiger partial charge in [0.2, 0.25) is 0 Å². The van der Waals surface area contributed by atoms with E-state index in [1.165, 1.54) is 4.90 Å². The number of amides is 1. The van der Waals surface area contributed by atoms with Gasteiger partial charge < -0.3 is 9.84 Å². The van der Waals surface area contributed by atoms with Crippen molar-refractivity contribution in [2.24, 2.45) is 5.92 Å². The number of hydrogen-bond acceptors (Lipinski definition) is 3. The summed E-state index contributed by atoms with van der Waals surface area (Å²) in [6.45, 7) is 9.49. The highest BCUT2D eigenvalue weighted by atomic mass is 16.5. The lowest BCUT2D eigenvalue weighted by atomic mass is 10.2. The second kappa shape index (κ2) is 6.56. The van der Waals surface area contributed by atoms with Crippen LogP contribution in [0, 0.1) is 5.92 Å². The van der Waals surface area contributed by atoms with E-state index in [-0.39, 0.29) is 19.4 Å². The van der Waals surface area contributed by atoms with Gasteiger partial charge in [0.15, 0.2) is 0 Å². The topological polar surface area (TPSA) is 49.8 Å². The minimum Gasteiger partial charge on any atom is -0.376 e. The molecule has 0 aromatic heterocycles. The first-order valence-electron chi connectivity index (χ1n) is 4.62. The predicted molar refractivity (Wildman–Crippen MR) is 54.4 cm³/mol. The lowest BCUT2D eigenvalue weighted by molar-refractivity contribution is -0.138. The molecule has 0 fully saturated rings. The number of hydrogen-bond donors (Lipinski definition) is 1. The highest BCUT2D eigenvalue weighted by Crippen LogP contribution is 1.99. The highest BCUT2D eigenvalue weighted by molar-refractivity contribution is 5.91. The van der Waals surface area contributed by atoms with Crippen molar-refractivity contribution < 1.29 is 14.6 Å². The fourth-order valence-electron chi connectivity index (χ4n) is 0.832. The molecule has 0 heterocycles. The van der Waals surface area contributed by atoms with Crippen molar-refractivity contribution >= 4 is 5.91 Å². The zero-order valence-electron chi connectivity index (χ0n) is 9.12. The maximum Gasteiger partial charge on any atom is 0.252 e. The van der Waals surface area contributed by atoms with E-state index in [0.717, 1.165) is 0 Å². The molecular weight excluding hydrogens is 182 g/mol. The standard InChI is InChI=1S/C10H19NO3/c1-8(2)5-14-7-11(6-12)10(13)9(3)4/h8,12H,3,5-7H2,1-2,4H3. The summed E-state index contributed by atoms with van der Waals surface area (Å²) in [5.74, 6) is 0.131. The van der Waals surface area contributed by atoms with Crippen LogP contribution < -0.4 is 0 Å². The van der Waals surface area contributed by atoms with Gasteiger partial charge in [0.05, 0.1) is 6.61 Å². The lowest BCUT2D eigenvalue weighted by Crippen LogP contribution is -2.34. The normalized spacial score (nSPS) is 10.4. The van der Waals surface area contributed by atoms with Gasteiger partial charge in [-0.15, -0.1) is 0 Å². The van der Waals surface area contributed by atoms with Gasteiger partial charge in [-0.25, -0.2) is 0 Å². The minimum atomic E-state index is -0.343. The molecule has 0 unspecified atom stereocenters. The predicted octanol–water partition coefficient (Wildman–Crippen LogP) is 0.971. The number of nitrogens with zero attached hydrogens (tertiary/aromatic N) is 1. The molecule has 0 aromatic carbocycles. The van der Waals surface area contributed by atoms with Crippen LogP contribution >= 0.6 is 0 Å².